The van der Waals surface area contributed by atoms with Gasteiger partial charge < -0.3 is 15.4 Å². The molecule has 2 N–H and O–H groups in total. The standard InChI is InChI=1S/C17H24N4O/c1-5-12(3)18-16-11-17(20-13(4)19-16)21-14-7-9-15(10-8-14)22-6-2/h7-12H,5-6H2,1-4H3,(H2,18,19,20,21). The Morgan fingerprint density at radius 1 is 1.09 bits per heavy atom. The molecular formula is C17H24N4O. The molecule has 2 rings (SSSR count). The van der Waals surface area contributed by atoms with Crippen LogP contribution < -0.4 is 15.4 Å². The van der Waals surface area contributed by atoms with Crippen LogP contribution in [-0.2, 0) is 0 Å². The van der Waals surface area contributed by atoms with Gasteiger partial charge in [-0.25, -0.2) is 9.97 Å². The minimum atomic E-state index is 0.382. The summed E-state index contributed by atoms with van der Waals surface area (Å²) in [4.78, 5) is 8.85. The quantitative estimate of drug-likeness (QED) is 0.805. The van der Waals surface area contributed by atoms with E-state index in [0.29, 0.717) is 12.6 Å². The van der Waals surface area contributed by atoms with Crippen LogP contribution in [0.1, 0.15) is 33.0 Å². The van der Waals surface area contributed by atoms with Crippen molar-refractivity contribution in [3.63, 3.8) is 0 Å². The van der Waals surface area contributed by atoms with Crippen molar-refractivity contribution in [2.75, 3.05) is 17.2 Å². The molecule has 0 fully saturated rings. The van der Waals surface area contributed by atoms with Crippen LogP contribution in [0, 0.1) is 6.92 Å². The SMILES string of the molecule is CCOc1ccc(Nc2cc(NC(C)CC)nc(C)n2)cc1. The van der Waals surface area contributed by atoms with E-state index in [2.05, 4.69) is 34.4 Å². The molecule has 0 aliphatic heterocycles. The van der Waals surface area contributed by atoms with E-state index in [0.717, 1.165) is 35.3 Å². The van der Waals surface area contributed by atoms with E-state index in [-0.39, 0.29) is 0 Å². The van der Waals surface area contributed by atoms with Crippen molar-refractivity contribution in [1.82, 2.24) is 9.97 Å². The third kappa shape index (κ3) is 4.62. The molecule has 1 heterocycles. The Hall–Kier alpha value is -2.30. The summed E-state index contributed by atoms with van der Waals surface area (Å²) in [5, 5.41) is 6.67. The van der Waals surface area contributed by atoms with Gasteiger partial charge in [0.15, 0.2) is 0 Å². The van der Waals surface area contributed by atoms with Crippen LogP contribution in [0.2, 0.25) is 0 Å². The molecule has 0 aliphatic carbocycles. The van der Waals surface area contributed by atoms with Gasteiger partial charge >= 0.3 is 0 Å². The molecule has 0 radical (unpaired) electrons. The summed E-state index contributed by atoms with van der Waals surface area (Å²) in [6.07, 6.45) is 1.05. The van der Waals surface area contributed by atoms with Gasteiger partial charge in [-0.15, -0.1) is 0 Å². The largest absolute Gasteiger partial charge is 0.494 e. The second-order valence-corrected chi connectivity index (χ2v) is 5.22. The normalized spacial score (nSPS) is 11.8. The Kier molecular flexibility index (Phi) is 5.58. The first kappa shape index (κ1) is 16.1. The van der Waals surface area contributed by atoms with E-state index in [1.807, 2.05) is 44.2 Å². The van der Waals surface area contributed by atoms with Gasteiger partial charge in [-0.05, 0) is 51.5 Å². The first-order chi connectivity index (χ1) is 10.6. The number of aromatic nitrogens is 2. The van der Waals surface area contributed by atoms with Gasteiger partial charge in [0, 0.05) is 17.8 Å². The molecule has 5 heteroatoms. The maximum Gasteiger partial charge on any atom is 0.136 e. The summed E-state index contributed by atoms with van der Waals surface area (Å²) in [6, 6.07) is 10.1. The predicted molar refractivity (Wildman–Crippen MR) is 91.0 cm³/mol. The molecule has 0 spiro atoms. The molecule has 1 aromatic carbocycles. The van der Waals surface area contributed by atoms with Gasteiger partial charge in [0.1, 0.15) is 23.2 Å². The maximum absolute atomic E-state index is 5.44. The first-order valence-electron chi connectivity index (χ1n) is 7.72. The monoisotopic (exact) mass is 300 g/mol. The lowest BCUT2D eigenvalue weighted by Crippen LogP contribution is -2.15. The van der Waals surface area contributed by atoms with Crippen molar-refractivity contribution >= 4 is 17.3 Å². The van der Waals surface area contributed by atoms with Crippen LogP contribution >= 0.6 is 0 Å². The van der Waals surface area contributed by atoms with Gasteiger partial charge in [0.05, 0.1) is 6.61 Å². The molecule has 1 atom stereocenters. The summed E-state index contributed by atoms with van der Waals surface area (Å²) in [6.45, 7) is 8.82. The number of hydrogen-bond donors (Lipinski definition) is 2. The van der Waals surface area contributed by atoms with Crippen molar-refractivity contribution in [2.24, 2.45) is 0 Å². The average Bonchev–Trinajstić information content (AvgIpc) is 2.49. The highest BCUT2D eigenvalue weighted by atomic mass is 16.5. The molecule has 1 aromatic heterocycles. The van der Waals surface area contributed by atoms with Gasteiger partial charge in [0.25, 0.3) is 0 Å². The number of hydrogen-bond acceptors (Lipinski definition) is 5. The molecule has 22 heavy (non-hydrogen) atoms. The third-order valence-corrected chi connectivity index (χ3v) is 3.28. The van der Waals surface area contributed by atoms with Gasteiger partial charge in [-0.1, -0.05) is 6.92 Å². The average molecular weight is 300 g/mol. The number of nitrogens with one attached hydrogen (secondary N) is 2. The van der Waals surface area contributed by atoms with E-state index in [1.165, 1.54) is 0 Å². The summed E-state index contributed by atoms with van der Waals surface area (Å²) in [5.74, 6) is 3.23. The van der Waals surface area contributed by atoms with E-state index in [4.69, 9.17) is 4.74 Å². The fourth-order valence-electron chi connectivity index (χ4n) is 2.01. The summed E-state index contributed by atoms with van der Waals surface area (Å²) in [5.41, 5.74) is 0.969. The molecule has 2 aromatic rings. The van der Waals surface area contributed by atoms with Crippen LogP contribution in [0.5, 0.6) is 5.75 Å². The van der Waals surface area contributed by atoms with Crippen molar-refractivity contribution in [1.29, 1.82) is 0 Å². The van der Waals surface area contributed by atoms with E-state index >= 15 is 0 Å². The molecule has 1 unspecified atom stereocenters. The van der Waals surface area contributed by atoms with E-state index < -0.39 is 0 Å². The van der Waals surface area contributed by atoms with Crippen molar-refractivity contribution in [3.05, 3.63) is 36.2 Å². The molecule has 118 valence electrons. The lowest BCUT2D eigenvalue weighted by atomic mass is 10.2. The summed E-state index contributed by atoms with van der Waals surface area (Å²) in [7, 11) is 0. The lowest BCUT2D eigenvalue weighted by molar-refractivity contribution is 0.340. The summed E-state index contributed by atoms with van der Waals surface area (Å²) >= 11 is 0. The van der Waals surface area contributed by atoms with Crippen LogP contribution in [0.25, 0.3) is 0 Å². The number of rotatable bonds is 7. The Bertz CT molecular complexity index is 598. The fraction of sp³-hybridized carbons (Fsp3) is 0.412. The van der Waals surface area contributed by atoms with Crippen LogP contribution in [-0.4, -0.2) is 22.6 Å². The minimum absolute atomic E-state index is 0.382. The third-order valence-electron chi connectivity index (χ3n) is 3.28. The number of anilines is 3. The Balaban J connectivity index is 2.11. The number of aryl methyl sites for hydroxylation is 1. The van der Waals surface area contributed by atoms with Crippen LogP contribution in [0.15, 0.2) is 30.3 Å². The number of ether oxygens (including phenoxy) is 1. The topological polar surface area (TPSA) is 59.1 Å². The lowest BCUT2D eigenvalue weighted by Gasteiger charge is -2.14. The zero-order chi connectivity index (χ0) is 15.9. The van der Waals surface area contributed by atoms with E-state index in [9.17, 15) is 0 Å². The van der Waals surface area contributed by atoms with Gasteiger partial charge in [0.2, 0.25) is 0 Å². The summed E-state index contributed by atoms with van der Waals surface area (Å²) < 4.78 is 5.44. The molecular weight excluding hydrogens is 276 g/mol. The van der Waals surface area contributed by atoms with E-state index in [1.54, 1.807) is 0 Å². The first-order valence-corrected chi connectivity index (χ1v) is 7.72. The van der Waals surface area contributed by atoms with Crippen molar-refractivity contribution < 1.29 is 4.74 Å². The number of benzene rings is 1. The molecule has 0 aliphatic rings. The van der Waals surface area contributed by atoms with Crippen LogP contribution in [0.4, 0.5) is 17.3 Å². The fourth-order valence-corrected chi connectivity index (χ4v) is 2.01. The van der Waals surface area contributed by atoms with Gasteiger partial charge in [-0.2, -0.15) is 0 Å². The van der Waals surface area contributed by atoms with Gasteiger partial charge in [-0.3, -0.25) is 0 Å². The minimum Gasteiger partial charge on any atom is -0.494 e. The van der Waals surface area contributed by atoms with Crippen molar-refractivity contribution in [3.8, 4) is 5.75 Å². The molecule has 0 amide bonds. The molecule has 5 nitrogen and oxygen atoms in total. The highest BCUT2D eigenvalue weighted by Gasteiger charge is 2.05. The number of nitrogens with zero attached hydrogens (tertiary/aromatic N) is 2. The Morgan fingerprint density at radius 2 is 1.77 bits per heavy atom. The predicted octanol–water partition coefficient (Wildman–Crippen LogP) is 4.14. The zero-order valence-electron chi connectivity index (χ0n) is 13.7. The Labute approximate surface area is 132 Å². The highest BCUT2D eigenvalue weighted by molar-refractivity contribution is 5.60. The molecule has 0 bridgehead atoms. The van der Waals surface area contributed by atoms with Crippen molar-refractivity contribution in [2.45, 2.75) is 40.2 Å². The van der Waals surface area contributed by atoms with Crippen LogP contribution in [0.3, 0.4) is 0 Å². The second kappa shape index (κ2) is 7.64. The zero-order valence-corrected chi connectivity index (χ0v) is 13.7. The smallest absolute Gasteiger partial charge is 0.136 e. The Morgan fingerprint density at radius 3 is 2.41 bits per heavy atom. The molecule has 0 saturated carbocycles. The highest BCUT2D eigenvalue weighted by Crippen LogP contribution is 2.21. The second-order valence-electron chi connectivity index (χ2n) is 5.22. The molecule has 0 saturated heterocycles. The maximum atomic E-state index is 5.44.